The van der Waals surface area contributed by atoms with E-state index in [0.717, 1.165) is 34.3 Å². The quantitative estimate of drug-likeness (QED) is 0.696. The van der Waals surface area contributed by atoms with Crippen LogP contribution in [0.4, 0.5) is 0 Å². The van der Waals surface area contributed by atoms with Crippen molar-refractivity contribution in [3.05, 3.63) is 70.4 Å². The Morgan fingerprint density at radius 3 is 2.68 bits per heavy atom. The third kappa shape index (κ3) is 3.29. The highest BCUT2D eigenvalue weighted by atomic mass is 35.5. The third-order valence-corrected chi connectivity index (χ3v) is 5.41. The summed E-state index contributed by atoms with van der Waals surface area (Å²) in [6.45, 7) is 2.73. The topological polar surface area (TPSA) is 44.9 Å². The number of rotatable bonds is 5. The summed E-state index contributed by atoms with van der Waals surface area (Å²) in [6, 6.07) is 14.0. The van der Waals surface area contributed by atoms with Gasteiger partial charge < -0.3 is 10.3 Å². The average Bonchev–Trinajstić information content (AvgIpc) is 3.27. The molecule has 0 bridgehead atoms. The molecular formula is C21H21ClN2O. The van der Waals surface area contributed by atoms with Crippen LogP contribution in [0.1, 0.15) is 29.5 Å². The van der Waals surface area contributed by atoms with E-state index >= 15 is 0 Å². The summed E-state index contributed by atoms with van der Waals surface area (Å²) in [5.74, 6) is 0.0769. The van der Waals surface area contributed by atoms with E-state index in [4.69, 9.17) is 11.6 Å². The number of amides is 1. The molecular weight excluding hydrogens is 332 g/mol. The molecule has 0 aliphatic heterocycles. The SMILES string of the molecule is Cc1ccc(CC(=O)NCC2(c3c[nH]c4ccc(Cl)cc34)CC2)cc1. The van der Waals surface area contributed by atoms with Gasteiger partial charge in [0.05, 0.1) is 6.42 Å². The number of carbonyl (C=O) groups excluding carboxylic acids is 1. The first-order chi connectivity index (χ1) is 12.1. The van der Waals surface area contributed by atoms with Crippen LogP contribution < -0.4 is 5.32 Å². The maximum atomic E-state index is 12.3. The van der Waals surface area contributed by atoms with Gasteiger partial charge in [-0.2, -0.15) is 0 Å². The predicted octanol–water partition coefficient (Wildman–Crippen LogP) is 4.52. The van der Waals surface area contributed by atoms with Gasteiger partial charge in [-0.3, -0.25) is 4.79 Å². The summed E-state index contributed by atoms with van der Waals surface area (Å²) in [5.41, 5.74) is 4.66. The van der Waals surface area contributed by atoms with E-state index < -0.39 is 0 Å². The summed E-state index contributed by atoms with van der Waals surface area (Å²) in [6.07, 6.45) is 4.69. The van der Waals surface area contributed by atoms with Crippen LogP contribution in [-0.2, 0) is 16.6 Å². The van der Waals surface area contributed by atoms with E-state index in [9.17, 15) is 4.79 Å². The van der Waals surface area contributed by atoms with Crippen LogP contribution in [-0.4, -0.2) is 17.4 Å². The molecule has 1 saturated carbocycles. The van der Waals surface area contributed by atoms with Gasteiger partial charge in [-0.15, -0.1) is 0 Å². The number of halogens is 1. The Morgan fingerprint density at radius 1 is 1.20 bits per heavy atom. The maximum Gasteiger partial charge on any atom is 0.224 e. The third-order valence-electron chi connectivity index (χ3n) is 5.18. The highest BCUT2D eigenvalue weighted by molar-refractivity contribution is 6.31. The fourth-order valence-corrected chi connectivity index (χ4v) is 3.62. The Hall–Kier alpha value is -2.26. The van der Waals surface area contributed by atoms with Crippen LogP contribution in [0.5, 0.6) is 0 Å². The standard InChI is InChI=1S/C21H21ClN2O/c1-14-2-4-15(5-3-14)10-20(25)24-13-21(8-9-21)18-12-23-19-7-6-16(22)11-17(18)19/h2-7,11-12,23H,8-10,13H2,1H3,(H,24,25). The Bertz CT molecular complexity index is 923. The second-order valence-electron chi connectivity index (χ2n) is 7.11. The second kappa shape index (κ2) is 6.23. The highest BCUT2D eigenvalue weighted by Gasteiger charge is 2.45. The average molecular weight is 353 g/mol. The predicted molar refractivity (Wildman–Crippen MR) is 102 cm³/mol. The second-order valence-corrected chi connectivity index (χ2v) is 7.55. The summed E-state index contributed by atoms with van der Waals surface area (Å²) in [5, 5.41) is 5.04. The first kappa shape index (κ1) is 16.2. The van der Waals surface area contributed by atoms with Crippen LogP contribution in [0.2, 0.25) is 5.02 Å². The molecule has 0 saturated heterocycles. The van der Waals surface area contributed by atoms with Crippen LogP contribution in [0.15, 0.2) is 48.7 Å². The van der Waals surface area contributed by atoms with Crippen molar-refractivity contribution < 1.29 is 4.79 Å². The summed E-state index contributed by atoms with van der Waals surface area (Å²) in [4.78, 5) is 15.6. The highest BCUT2D eigenvalue weighted by Crippen LogP contribution is 2.50. The normalized spacial score (nSPS) is 15.3. The smallest absolute Gasteiger partial charge is 0.224 e. The molecule has 1 amide bonds. The number of fused-ring (bicyclic) bond motifs is 1. The molecule has 1 aliphatic rings. The number of hydrogen-bond donors (Lipinski definition) is 2. The zero-order valence-electron chi connectivity index (χ0n) is 14.2. The summed E-state index contributed by atoms with van der Waals surface area (Å²) in [7, 11) is 0. The first-order valence-corrected chi connectivity index (χ1v) is 9.03. The summed E-state index contributed by atoms with van der Waals surface area (Å²) < 4.78 is 0. The molecule has 1 fully saturated rings. The minimum atomic E-state index is 0.0475. The van der Waals surface area contributed by atoms with Gasteiger partial charge in [0, 0.05) is 34.1 Å². The van der Waals surface area contributed by atoms with Gasteiger partial charge in [-0.1, -0.05) is 41.4 Å². The minimum Gasteiger partial charge on any atom is -0.361 e. The minimum absolute atomic E-state index is 0.0475. The van der Waals surface area contributed by atoms with E-state index in [1.807, 2.05) is 49.4 Å². The lowest BCUT2D eigenvalue weighted by Crippen LogP contribution is -2.33. The number of aromatic nitrogens is 1. The lowest BCUT2D eigenvalue weighted by atomic mass is 9.95. The number of benzene rings is 2. The molecule has 0 spiro atoms. The van der Waals surface area contributed by atoms with Gasteiger partial charge in [0.15, 0.2) is 0 Å². The van der Waals surface area contributed by atoms with Crippen molar-refractivity contribution >= 4 is 28.4 Å². The Morgan fingerprint density at radius 2 is 1.96 bits per heavy atom. The van der Waals surface area contributed by atoms with E-state index in [2.05, 4.69) is 16.5 Å². The van der Waals surface area contributed by atoms with Gasteiger partial charge in [0.1, 0.15) is 0 Å². The molecule has 3 aromatic rings. The van der Waals surface area contributed by atoms with Crippen LogP contribution in [0.25, 0.3) is 10.9 Å². The van der Waals surface area contributed by atoms with Gasteiger partial charge >= 0.3 is 0 Å². The molecule has 1 heterocycles. The van der Waals surface area contributed by atoms with Crippen LogP contribution in [0, 0.1) is 6.92 Å². The molecule has 1 aliphatic carbocycles. The summed E-state index contributed by atoms with van der Waals surface area (Å²) >= 11 is 6.16. The molecule has 0 unspecified atom stereocenters. The Balaban J connectivity index is 1.45. The van der Waals surface area contributed by atoms with Crippen molar-refractivity contribution in [3.8, 4) is 0 Å². The van der Waals surface area contributed by atoms with Gasteiger partial charge in [-0.25, -0.2) is 0 Å². The van der Waals surface area contributed by atoms with Crippen molar-refractivity contribution in [1.29, 1.82) is 0 Å². The maximum absolute atomic E-state index is 12.3. The lowest BCUT2D eigenvalue weighted by molar-refractivity contribution is -0.120. The fraction of sp³-hybridized carbons (Fsp3) is 0.286. The molecule has 25 heavy (non-hydrogen) atoms. The van der Waals surface area contributed by atoms with Gasteiger partial charge in [-0.05, 0) is 49.1 Å². The fourth-order valence-electron chi connectivity index (χ4n) is 3.45. The van der Waals surface area contributed by atoms with Crippen molar-refractivity contribution in [1.82, 2.24) is 10.3 Å². The van der Waals surface area contributed by atoms with Crippen molar-refractivity contribution in [3.63, 3.8) is 0 Å². The van der Waals surface area contributed by atoms with Gasteiger partial charge in [0.25, 0.3) is 0 Å². The monoisotopic (exact) mass is 352 g/mol. The molecule has 0 radical (unpaired) electrons. The Kier molecular flexibility index (Phi) is 4.04. The Labute approximate surface area is 152 Å². The molecule has 1 aromatic heterocycles. The number of carbonyl (C=O) groups is 1. The lowest BCUT2D eigenvalue weighted by Gasteiger charge is -2.16. The van der Waals surface area contributed by atoms with Crippen molar-refractivity contribution in [2.45, 2.75) is 31.6 Å². The van der Waals surface area contributed by atoms with Gasteiger partial charge in [0.2, 0.25) is 5.91 Å². The largest absolute Gasteiger partial charge is 0.361 e. The first-order valence-electron chi connectivity index (χ1n) is 8.65. The molecule has 2 aromatic carbocycles. The van der Waals surface area contributed by atoms with Crippen molar-refractivity contribution in [2.24, 2.45) is 0 Å². The molecule has 3 nitrogen and oxygen atoms in total. The van der Waals surface area contributed by atoms with E-state index in [1.165, 1.54) is 11.1 Å². The number of nitrogens with one attached hydrogen (secondary N) is 2. The molecule has 128 valence electrons. The number of aryl methyl sites for hydroxylation is 1. The van der Waals surface area contributed by atoms with E-state index in [-0.39, 0.29) is 11.3 Å². The van der Waals surface area contributed by atoms with Crippen LogP contribution in [0.3, 0.4) is 0 Å². The zero-order chi connectivity index (χ0) is 17.4. The molecule has 4 rings (SSSR count). The number of H-pyrrole nitrogens is 1. The molecule has 2 N–H and O–H groups in total. The molecule has 4 heteroatoms. The number of aromatic amines is 1. The van der Waals surface area contributed by atoms with E-state index in [0.29, 0.717) is 13.0 Å². The number of hydrogen-bond acceptors (Lipinski definition) is 1. The zero-order valence-corrected chi connectivity index (χ0v) is 15.0. The van der Waals surface area contributed by atoms with Crippen LogP contribution >= 0.6 is 11.6 Å². The molecule has 0 atom stereocenters. The van der Waals surface area contributed by atoms with E-state index in [1.54, 1.807) is 0 Å². The van der Waals surface area contributed by atoms with Crippen molar-refractivity contribution in [2.75, 3.05) is 6.54 Å².